The molecule has 17 heavy (non-hydrogen) atoms. The quantitative estimate of drug-likeness (QED) is 0.870. The van der Waals surface area contributed by atoms with E-state index in [4.69, 9.17) is 10.5 Å². The Morgan fingerprint density at radius 2 is 1.82 bits per heavy atom. The first-order valence-corrected chi connectivity index (χ1v) is 5.61. The zero-order valence-electron chi connectivity index (χ0n) is 9.73. The van der Waals surface area contributed by atoms with Crippen LogP contribution in [0.3, 0.4) is 0 Å². The van der Waals surface area contributed by atoms with Crippen LogP contribution in [0.1, 0.15) is 16.7 Å². The van der Waals surface area contributed by atoms with Gasteiger partial charge >= 0.3 is 0 Å². The van der Waals surface area contributed by atoms with Gasteiger partial charge < -0.3 is 10.5 Å². The molecule has 2 aromatic rings. The molecule has 0 atom stereocenters. The fourth-order valence-corrected chi connectivity index (χ4v) is 1.62. The number of nitrogens with two attached hydrogens (primary N) is 1. The van der Waals surface area contributed by atoms with Crippen LogP contribution in [0.5, 0.6) is 5.75 Å². The minimum atomic E-state index is 0.487. The first kappa shape index (κ1) is 11.7. The first-order chi connectivity index (χ1) is 8.29. The van der Waals surface area contributed by atoms with Crippen LogP contribution < -0.4 is 10.5 Å². The summed E-state index contributed by atoms with van der Waals surface area (Å²) in [6, 6.07) is 15.9. The van der Waals surface area contributed by atoms with Gasteiger partial charge in [-0.1, -0.05) is 36.4 Å². The predicted molar refractivity (Wildman–Crippen MR) is 69.6 cm³/mol. The molecule has 0 amide bonds. The minimum absolute atomic E-state index is 0.487. The topological polar surface area (TPSA) is 35.2 Å². The van der Waals surface area contributed by atoms with Crippen LogP contribution in [0.2, 0.25) is 0 Å². The van der Waals surface area contributed by atoms with Gasteiger partial charge in [0.15, 0.2) is 0 Å². The van der Waals surface area contributed by atoms with Crippen molar-refractivity contribution in [1.29, 1.82) is 0 Å². The minimum Gasteiger partial charge on any atom is -0.489 e. The molecule has 0 heterocycles. The van der Waals surface area contributed by atoms with Gasteiger partial charge in [-0.2, -0.15) is 0 Å². The molecular formula is C15H16NO. The number of ether oxygens (including phenoxy) is 1. The summed E-state index contributed by atoms with van der Waals surface area (Å²) in [6.07, 6.45) is 0. The summed E-state index contributed by atoms with van der Waals surface area (Å²) in [5.41, 5.74) is 8.77. The molecule has 0 unspecified atom stereocenters. The Bertz CT molecular complexity index is 480. The maximum absolute atomic E-state index is 5.71. The summed E-state index contributed by atoms with van der Waals surface area (Å²) < 4.78 is 5.71. The molecule has 0 bridgehead atoms. The third kappa shape index (κ3) is 3.08. The van der Waals surface area contributed by atoms with Gasteiger partial charge in [0, 0.05) is 6.54 Å². The molecule has 0 saturated carbocycles. The van der Waals surface area contributed by atoms with E-state index in [1.807, 2.05) is 48.5 Å². The Hall–Kier alpha value is -1.80. The van der Waals surface area contributed by atoms with Crippen molar-refractivity contribution < 1.29 is 4.74 Å². The van der Waals surface area contributed by atoms with Crippen LogP contribution in [0.15, 0.2) is 48.5 Å². The van der Waals surface area contributed by atoms with Crippen LogP contribution >= 0.6 is 0 Å². The molecule has 0 aliphatic carbocycles. The van der Waals surface area contributed by atoms with Gasteiger partial charge in [-0.05, 0) is 35.7 Å². The highest BCUT2D eigenvalue weighted by Crippen LogP contribution is 2.18. The Balaban J connectivity index is 2.04. The van der Waals surface area contributed by atoms with Crippen molar-refractivity contribution in [3.8, 4) is 5.75 Å². The molecule has 87 valence electrons. The normalized spacial score (nSPS) is 10.2. The second-order valence-electron chi connectivity index (χ2n) is 3.91. The fourth-order valence-electron chi connectivity index (χ4n) is 1.62. The van der Waals surface area contributed by atoms with Crippen LogP contribution in [0, 0.1) is 6.92 Å². The molecule has 1 radical (unpaired) electrons. The van der Waals surface area contributed by atoms with Gasteiger partial charge in [0.2, 0.25) is 0 Å². The largest absolute Gasteiger partial charge is 0.489 e. The molecule has 2 aromatic carbocycles. The monoisotopic (exact) mass is 226 g/mol. The van der Waals surface area contributed by atoms with E-state index in [0.29, 0.717) is 13.2 Å². The zero-order chi connectivity index (χ0) is 12.1. The SMILES string of the molecule is [CH2]c1ccc(OCc2ccccc2)cc1CN. The standard InChI is InChI=1S/C15H16NO/c1-12-7-8-15(9-14(12)10-16)17-11-13-5-3-2-4-6-13/h2-9H,1,10-11,16H2. The lowest BCUT2D eigenvalue weighted by molar-refractivity contribution is 0.306. The Labute approximate surface area is 102 Å². The van der Waals surface area contributed by atoms with Gasteiger partial charge in [0.25, 0.3) is 0 Å². The zero-order valence-corrected chi connectivity index (χ0v) is 9.73. The predicted octanol–water partition coefficient (Wildman–Crippen LogP) is 2.91. The summed E-state index contributed by atoms with van der Waals surface area (Å²) in [6.45, 7) is 4.97. The van der Waals surface area contributed by atoms with Crippen molar-refractivity contribution in [2.24, 2.45) is 5.73 Å². The van der Waals surface area contributed by atoms with Crippen LogP contribution in [-0.4, -0.2) is 0 Å². The van der Waals surface area contributed by atoms with Gasteiger partial charge in [0.05, 0.1) is 0 Å². The molecule has 2 rings (SSSR count). The molecule has 0 aliphatic heterocycles. The molecule has 0 saturated heterocycles. The Kier molecular flexibility index (Phi) is 3.78. The molecule has 2 N–H and O–H groups in total. The van der Waals surface area contributed by atoms with Crippen LogP contribution in [0.4, 0.5) is 0 Å². The number of benzene rings is 2. The average Bonchev–Trinajstić information content (AvgIpc) is 2.39. The molecule has 2 nitrogen and oxygen atoms in total. The summed E-state index contributed by atoms with van der Waals surface area (Å²) in [5, 5.41) is 0. The summed E-state index contributed by atoms with van der Waals surface area (Å²) in [7, 11) is 0. The van der Waals surface area contributed by atoms with Gasteiger partial charge in [0.1, 0.15) is 12.4 Å². The van der Waals surface area contributed by atoms with Crippen molar-refractivity contribution in [2.45, 2.75) is 13.2 Å². The highest BCUT2D eigenvalue weighted by molar-refractivity contribution is 5.37. The van der Waals surface area contributed by atoms with Crippen molar-refractivity contribution >= 4 is 0 Å². The van der Waals surface area contributed by atoms with E-state index in [1.54, 1.807) is 0 Å². The van der Waals surface area contributed by atoms with Crippen LogP contribution in [-0.2, 0) is 13.2 Å². The van der Waals surface area contributed by atoms with Crippen molar-refractivity contribution in [1.82, 2.24) is 0 Å². The highest BCUT2D eigenvalue weighted by atomic mass is 16.5. The molecule has 2 heteroatoms. The van der Waals surface area contributed by atoms with Gasteiger partial charge in [-0.25, -0.2) is 0 Å². The fraction of sp³-hybridized carbons (Fsp3) is 0.133. The second kappa shape index (κ2) is 5.51. The maximum Gasteiger partial charge on any atom is 0.120 e. The molecule has 0 fully saturated rings. The molecule has 0 aliphatic rings. The van der Waals surface area contributed by atoms with E-state index in [0.717, 1.165) is 22.4 Å². The second-order valence-corrected chi connectivity index (χ2v) is 3.91. The van der Waals surface area contributed by atoms with E-state index >= 15 is 0 Å². The highest BCUT2D eigenvalue weighted by Gasteiger charge is 2.00. The maximum atomic E-state index is 5.71. The van der Waals surface area contributed by atoms with E-state index in [9.17, 15) is 0 Å². The smallest absolute Gasteiger partial charge is 0.120 e. The van der Waals surface area contributed by atoms with Gasteiger partial charge in [-0.15, -0.1) is 0 Å². The lowest BCUT2D eigenvalue weighted by Gasteiger charge is -2.09. The lowest BCUT2D eigenvalue weighted by atomic mass is 10.1. The van der Waals surface area contributed by atoms with E-state index in [1.165, 1.54) is 0 Å². The number of hydrogen-bond acceptors (Lipinski definition) is 2. The van der Waals surface area contributed by atoms with Crippen molar-refractivity contribution in [2.75, 3.05) is 0 Å². The molecular weight excluding hydrogens is 210 g/mol. The van der Waals surface area contributed by atoms with E-state index in [2.05, 4.69) is 6.92 Å². The average molecular weight is 226 g/mol. The third-order valence-electron chi connectivity index (χ3n) is 2.65. The van der Waals surface area contributed by atoms with Crippen molar-refractivity contribution in [3.63, 3.8) is 0 Å². The van der Waals surface area contributed by atoms with Crippen molar-refractivity contribution in [3.05, 3.63) is 72.1 Å². The third-order valence-corrected chi connectivity index (χ3v) is 2.65. The van der Waals surface area contributed by atoms with E-state index < -0.39 is 0 Å². The Morgan fingerprint density at radius 1 is 1.06 bits per heavy atom. The summed E-state index contributed by atoms with van der Waals surface area (Å²) >= 11 is 0. The lowest BCUT2D eigenvalue weighted by Crippen LogP contribution is -2.01. The van der Waals surface area contributed by atoms with E-state index in [-0.39, 0.29) is 0 Å². The number of hydrogen-bond donors (Lipinski definition) is 1. The summed E-state index contributed by atoms with van der Waals surface area (Å²) in [5.74, 6) is 0.835. The van der Waals surface area contributed by atoms with Gasteiger partial charge in [-0.3, -0.25) is 0 Å². The van der Waals surface area contributed by atoms with Crippen LogP contribution in [0.25, 0.3) is 0 Å². The number of rotatable bonds is 4. The summed E-state index contributed by atoms with van der Waals surface area (Å²) in [4.78, 5) is 0. The molecule has 0 spiro atoms. The first-order valence-electron chi connectivity index (χ1n) is 5.61. The Morgan fingerprint density at radius 3 is 2.53 bits per heavy atom. The molecule has 0 aromatic heterocycles.